The van der Waals surface area contributed by atoms with E-state index in [2.05, 4.69) is 5.32 Å². The van der Waals surface area contributed by atoms with Crippen LogP contribution in [0.2, 0.25) is 0 Å². The first-order chi connectivity index (χ1) is 5.15. The van der Waals surface area contributed by atoms with E-state index in [-0.39, 0.29) is 17.1 Å². The SMILES string of the molecule is CSC1C=C(C)C(=O)NC1=O. The third kappa shape index (κ3) is 1.63. The van der Waals surface area contributed by atoms with E-state index in [4.69, 9.17) is 0 Å². The summed E-state index contributed by atoms with van der Waals surface area (Å²) in [5, 5.41) is 2.06. The second-order valence-electron chi connectivity index (χ2n) is 2.32. The van der Waals surface area contributed by atoms with E-state index >= 15 is 0 Å². The molecule has 0 radical (unpaired) electrons. The zero-order chi connectivity index (χ0) is 8.43. The molecule has 0 saturated carbocycles. The molecule has 0 spiro atoms. The van der Waals surface area contributed by atoms with Gasteiger partial charge in [0.2, 0.25) is 5.91 Å². The second-order valence-corrected chi connectivity index (χ2v) is 3.30. The Labute approximate surface area is 69.2 Å². The fourth-order valence-electron chi connectivity index (χ4n) is 0.835. The molecule has 0 bridgehead atoms. The van der Waals surface area contributed by atoms with Crippen molar-refractivity contribution in [3.63, 3.8) is 0 Å². The molecule has 1 unspecified atom stereocenters. The third-order valence-electron chi connectivity index (χ3n) is 1.51. The Kier molecular flexibility index (Phi) is 2.34. The van der Waals surface area contributed by atoms with Crippen LogP contribution in [0.1, 0.15) is 6.92 Å². The maximum absolute atomic E-state index is 11.0. The van der Waals surface area contributed by atoms with Gasteiger partial charge in [-0.25, -0.2) is 0 Å². The van der Waals surface area contributed by atoms with Gasteiger partial charge in [0.15, 0.2) is 0 Å². The first kappa shape index (κ1) is 8.33. The highest BCUT2D eigenvalue weighted by Gasteiger charge is 2.23. The van der Waals surface area contributed by atoms with Crippen LogP contribution >= 0.6 is 11.8 Å². The highest BCUT2D eigenvalue weighted by atomic mass is 32.2. The lowest BCUT2D eigenvalue weighted by Crippen LogP contribution is -2.41. The summed E-state index contributed by atoms with van der Waals surface area (Å²) in [4.78, 5) is 21.8. The first-order valence-electron chi connectivity index (χ1n) is 3.21. The van der Waals surface area contributed by atoms with Gasteiger partial charge in [-0.3, -0.25) is 14.9 Å². The minimum absolute atomic E-state index is 0.201. The van der Waals surface area contributed by atoms with Crippen molar-refractivity contribution in [2.45, 2.75) is 12.2 Å². The summed E-state index contributed by atoms with van der Waals surface area (Å²) < 4.78 is 0. The van der Waals surface area contributed by atoms with Gasteiger partial charge >= 0.3 is 0 Å². The fourth-order valence-corrected chi connectivity index (χ4v) is 1.45. The van der Waals surface area contributed by atoms with Crippen molar-refractivity contribution >= 4 is 23.6 Å². The van der Waals surface area contributed by atoms with E-state index in [1.165, 1.54) is 11.8 Å². The Bertz CT molecular complexity index is 235. The number of amides is 2. The van der Waals surface area contributed by atoms with E-state index in [0.717, 1.165) is 0 Å². The quantitative estimate of drug-likeness (QED) is 0.578. The Morgan fingerprint density at radius 2 is 2.18 bits per heavy atom. The molecule has 1 aliphatic rings. The van der Waals surface area contributed by atoms with Crippen LogP contribution in [0, 0.1) is 0 Å². The van der Waals surface area contributed by atoms with Crippen LogP contribution in [-0.4, -0.2) is 23.3 Å². The smallest absolute Gasteiger partial charge is 0.253 e. The van der Waals surface area contributed by atoms with Gasteiger partial charge in [0.1, 0.15) is 5.25 Å². The molecule has 11 heavy (non-hydrogen) atoms. The molecular formula is C7H9NO2S. The number of imide groups is 1. The Morgan fingerprint density at radius 3 is 2.73 bits per heavy atom. The Balaban J connectivity index is 2.86. The van der Waals surface area contributed by atoms with Crippen molar-refractivity contribution in [1.29, 1.82) is 0 Å². The van der Waals surface area contributed by atoms with Crippen molar-refractivity contribution < 1.29 is 9.59 Å². The number of thioether (sulfide) groups is 1. The monoisotopic (exact) mass is 171 g/mol. The standard InChI is InChI=1S/C7H9NO2S/c1-4-3-5(11-2)7(10)8-6(4)9/h3,5H,1-2H3,(H,8,9,10). The first-order valence-corrected chi connectivity index (χ1v) is 4.50. The van der Waals surface area contributed by atoms with Gasteiger partial charge in [-0.15, -0.1) is 11.8 Å². The maximum atomic E-state index is 11.0. The summed E-state index contributed by atoms with van der Waals surface area (Å²) in [6.07, 6.45) is 3.52. The van der Waals surface area contributed by atoms with Gasteiger partial charge in [-0.1, -0.05) is 6.08 Å². The molecule has 0 aliphatic carbocycles. The maximum Gasteiger partial charge on any atom is 0.253 e. The molecule has 1 N–H and O–H groups in total. The van der Waals surface area contributed by atoms with Gasteiger partial charge in [0.05, 0.1) is 0 Å². The molecule has 1 atom stereocenters. The van der Waals surface area contributed by atoms with Crippen LogP contribution in [-0.2, 0) is 9.59 Å². The third-order valence-corrected chi connectivity index (χ3v) is 2.37. The van der Waals surface area contributed by atoms with Crippen molar-refractivity contribution in [3.8, 4) is 0 Å². The second kappa shape index (κ2) is 3.09. The van der Waals surface area contributed by atoms with E-state index in [9.17, 15) is 9.59 Å². The topological polar surface area (TPSA) is 46.2 Å². The Hall–Kier alpha value is -0.770. The lowest BCUT2D eigenvalue weighted by Gasteiger charge is -2.16. The van der Waals surface area contributed by atoms with Crippen LogP contribution in [0.3, 0.4) is 0 Å². The molecule has 1 heterocycles. The van der Waals surface area contributed by atoms with E-state index < -0.39 is 0 Å². The number of rotatable bonds is 1. The number of hydrogen-bond acceptors (Lipinski definition) is 3. The summed E-state index contributed by atoms with van der Waals surface area (Å²) >= 11 is 1.42. The van der Waals surface area contributed by atoms with Gasteiger partial charge < -0.3 is 0 Å². The summed E-state index contributed by atoms with van der Waals surface area (Å²) in [7, 11) is 0. The minimum Gasteiger partial charge on any atom is -0.291 e. The zero-order valence-electron chi connectivity index (χ0n) is 6.38. The highest BCUT2D eigenvalue weighted by molar-refractivity contribution is 8.00. The van der Waals surface area contributed by atoms with E-state index in [1.807, 2.05) is 6.26 Å². The van der Waals surface area contributed by atoms with E-state index in [0.29, 0.717) is 5.57 Å². The fraction of sp³-hybridized carbons (Fsp3) is 0.429. The van der Waals surface area contributed by atoms with Crippen molar-refractivity contribution in [2.75, 3.05) is 6.26 Å². The van der Waals surface area contributed by atoms with Crippen molar-refractivity contribution in [3.05, 3.63) is 11.6 Å². The van der Waals surface area contributed by atoms with Crippen LogP contribution in [0.15, 0.2) is 11.6 Å². The number of hydrogen-bond donors (Lipinski definition) is 1. The zero-order valence-corrected chi connectivity index (χ0v) is 7.20. The van der Waals surface area contributed by atoms with Crippen LogP contribution in [0.25, 0.3) is 0 Å². The molecule has 0 aromatic rings. The van der Waals surface area contributed by atoms with Gasteiger partial charge in [-0.2, -0.15) is 0 Å². The molecule has 4 heteroatoms. The predicted octanol–water partition coefficient (Wildman–Crippen LogP) is 0.321. The number of nitrogens with one attached hydrogen (secondary N) is 1. The summed E-state index contributed by atoms with van der Waals surface area (Å²) in [5.74, 6) is -0.492. The molecule has 0 fully saturated rings. The number of carbonyl (C=O) groups is 2. The lowest BCUT2D eigenvalue weighted by molar-refractivity contribution is -0.128. The average molecular weight is 171 g/mol. The normalized spacial score (nSPS) is 24.5. The molecule has 60 valence electrons. The van der Waals surface area contributed by atoms with Gasteiger partial charge in [-0.05, 0) is 13.2 Å². The lowest BCUT2D eigenvalue weighted by atomic mass is 10.1. The molecule has 3 nitrogen and oxygen atoms in total. The molecule has 0 saturated heterocycles. The molecule has 2 amide bonds. The molecular weight excluding hydrogens is 162 g/mol. The summed E-state index contributed by atoms with van der Waals surface area (Å²) in [6.45, 7) is 1.70. The van der Waals surface area contributed by atoms with Crippen LogP contribution in [0.4, 0.5) is 0 Å². The average Bonchev–Trinajstić information content (AvgIpc) is 1.97. The van der Waals surface area contributed by atoms with Crippen molar-refractivity contribution in [1.82, 2.24) is 5.32 Å². The van der Waals surface area contributed by atoms with Gasteiger partial charge in [0.25, 0.3) is 5.91 Å². The predicted molar refractivity (Wildman–Crippen MR) is 44.2 cm³/mol. The molecule has 0 aromatic carbocycles. The van der Waals surface area contributed by atoms with Crippen molar-refractivity contribution in [2.24, 2.45) is 0 Å². The molecule has 0 aromatic heterocycles. The molecule has 1 aliphatic heterocycles. The Morgan fingerprint density at radius 1 is 1.55 bits per heavy atom. The number of carbonyl (C=O) groups excluding carboxylic acids is 2. The molecule has 1 rings (SSSR count). The summed E-state index contributed by atoms with van der Waals surface area (Å²) in [6, 6.07) is 0. The van der Waals surface area contributed by atoms with Crippen LogP contribution < -0.4 is 5.32 Å². The largest absolute Gasteiger partial charge is 0.291 e. The minimum atomic E-state index is -0.277. The van der Waals surface area contributed by atoms with Crippen LogP contribution in [0.5, 0.6) is 0 Å². The highest BCUT2D eigenvalue weighted by Crippen LogP contribution is 2.14. The van der Waals surface area contributed by atoms with E-state index in [1.54, 1.807) is 13.0 Å². The van der Waals surface area contributed by atoms with Gasteiger partial charge in [0, 0.05) is 5.57 Å². The summed E-state index contributed by atoms with van der Waals surface area (Å²) in [5.41, 5.74) is 0.615.